The van der Waals surface area contributed by atoms with Crippen molar-refractivity contribution in [2.75, 3.05) is 6.54 Å². The summed E-state index contributed by atoms with van der Waals surface area (Å²) in [6.07, 6.45) is -0.140. The van der Waals surface area contributed by atoms with Gasteiger partial charge in [-0.05, 0) is 12.5 Å². The molecule has 0 bridgehead atoms. The van der Waals surface area contributed by atoms with E-state index < -0.39 is 29.7 Å². The van der Waals surface area contributed by atoms with E-state index in [0.29, 0.717) is 10.6 Å². The number of carbonyl (C=O) groups is 3. The molecule has 7 nitrogen and oxygen atoms in total. The molecule has 0 radical (unpaired) electrons. The molecule has 1 saturated heterocycles. The smallest absolute Gasteiger partial charge is 0.328 e. The Hall–Kier alpha value is -2.69. The number of aryl methyl sites for hydroxylation is 1. The molecule has 1 aliphatic rings. The highest BCUT2D eigenvalue weighted by Crippen LogP contribution is 2.21. The van der Waals surface area contributed by atoms with Gasteiger partial charge in [-0.15, -0.1) is 5.06 Å². The van der Waals surface area contributed by atoms with E-state index in [1.165, 1.54) is 0 Å². The van der Waals surface area contributed by atoms with Crippen LogP contribution in [-0.2, 0) is 19.2 Å². The molecule has 2 unspecified atom stereocenters. The second kappa shape index (κ2) is 7.05. The highest BCUT2D eigenvalue weighted by atomic mass is 16.7. The zero-order valence-corrected chi connectivity index (χ0v) is 12.6. The Morgan fingerprint density at radius 2 is 2.04 bits per heavy atom. The average Bonchev–Trinajstić information content (AvgIpc) is 2.80. The Morgan fingerprint density at radius 3 is 2.65 bits per heavy atom. The molecule has 2 rings (SSSR count). The Kier molecular flexibility index (Phi) is 5.11. The summed E-state index contributed by atoms with van der Waals surface area (Å²) in [5.74, 6) is 2.07. The van der Waals surface area contributed by atoms with Crippen LogP contribution in [0.5, 0.6) is 0 Å². The van der Waals surface area contributed by atoms with Crippen LogP contribution in [0.2, 0.25) is 0 Å². The molecule has 23 heavy (non-hydrogen) atoms. The van der Waals surface area contributed by atoms with Gasteiger partial charge in [0, 0.05) is 0 Å². The number of carbonyl (C=O) groups excluding carboxylic acids is 3. The molecule has 120 valence electrons. The molecule has 2 atom stereocenters. The highest BCUT2D eigenvalue weighted by Gasteiger charge is 2.41. The van der Waals surface area contributed by atoms with Gasteiger partial charge in [-0.25, -0.2) is 4.79 Å². The molecule has 2 amide bonds. The molecule has 0 aliphatic carbocycles. The fourth-order valence-electron chi connectivity index (χ4n) is 2.06. The van der Waals surface area contributed by atoms with E-state index in [1.54, 1.807) is 24.3 Å². The Bertz CT molecular complexity index is 688. The van der Waals surface area contributed by atoms with Crippen molar-refractivity contribution in [3.05, 3.63) is 35.4 Å². The van der Waals surface area contributed by atoms with E-state index in [1.807, 2.05) is 6.92 Å². The Morgan fingerprint density at radius 1 is 1.39 bits per heavy atom. The van der Waals surface area contributed by atoms with Crippen LogP contribution < -0.4 is 11.5 Å². The summed E-state index contributed by atoms with van der Waals surface area (Å²) in [5, 5.41) is 0.437. The molecule has 0 saturated carbocycles. The molecule has 1 fully saturated rings. The van der Waals surface area contributed by atoms with Gasteiger partial charge in [0.15, 0.2) is 0 Å². The minimum absolute atomic E-state index is 0.0794. The van der Waals surface area contributed by atoms with Crippen molar-refractivity contribution in [3.8, 4) is 11.8 Å². The summed E-state index contributed by atoms with van der Waals surface area (Å²) >= 11 is 0. The average molecular weight is 315 g/mol. The van der Waals surface area contributed by atoms with Gasteiger partial charge in [-0.2, -0.15) is 0 Å². The van der Waals surface area contributed by atoms with Crippen LogP contribution in [0.25, 0.3) is 0 Å². The molecule has 1 aromatic carbocycles. The van der Waals surface area contributed by atoms with Crippen LogP contribution in [0.4, 0.5) is 0 Å². The summed E-state index contributed by atoms with van der Waals surface area (Å²) < 4.78 is 0. The predicted octanol–water partition coefficient (Wildman–Crippen LogP) is -0.210. The lowest BCUT2D eigenvalue weighted by molar-refractivity contribution is -0.199. The van der Waals surface area contributed by atoms with Gasteiger partial charge >= 0.3 is 5.97 Å². The van der Waals surface area contributed by atoms with Crippen LogP contribution in [-0.4, -0.2) is 29.4 Å². The fraction of sp³-hybridized carbons (Fsp3) is 0.312. The van der Waals surface area contributed by atoms with Crippen molar-refractivity contribution in [1.29, 1.82) is 0 Å². The van der Waals surface area contributed by atoms with Crippen molar-refractivity contribution < 1.29 is 19.2 Å². The zero-order chi connectivity index (χ0) is 17.0. The molecule has 0 aromatic heterocycles. The van der Waals surface area contributed by atoms with Crippen LogP contribution >= 0.6 is 0 Å². The number of amides is 2. The SMILES string of the molecule is Cc1ccc(C(N)C(=O)ON2C(=O)CC(C#CCN)C2=O)cc1. The number of hydrogen-bond acceptors (Lipinski definition) is 6. The highest BCUT2D eigenvalue weighted by molar-refractivity contribution is 6.04. The molecular weight excluding hydrogens is 298 g/mol. The van der Waals surface area contributed by atoms with Crippen LogP contribution in [0, 0.1) is 24.7 Å². The van der Waals surface area contributed by atoms with E-state index in [9.17, 15) is 14.4 Å². The maximum atomic E-state index is 12.0. The summed E-state index contributed by atoms with van der Waals surface area (Å²) in [7, 11) is 0. The first-order valence-electron chi connectivity index (χ1n) is 7.03. The standard InChI is InChI=1S/C16H17N3O4/c1-10-4-6-11(7-5-10)14(18)16(22)23-19-13(20)9-12(15(19)21)3-2-8-17/h4-7,12,14H,8-9,17-18H2,1H3. The number of hydrogen-bond donors (Lipinski definition) is 2. The van der Waals surface area contributed by atoms with Gasteiger partial charge < -0.3 is 16.3 Å². The van der Waals surface area contributed by atoms with Crippen LogP contribution in [0.1, 0.15) is 23.6 Å². The van der Waals surface area contributed by atoms with Gasteiger partial charge in [0.2, 0.25) is 0 Å². The largest absolute Gasteiger partial charge is 0.354 e. The fourth-order valence-corrected chi connectivity index (χ4v) is 2.06. The minimum Gasteiger partial charge on any atom is -0.328 e. The van der Waals surface area contributed by atoms with Crippen LogP contribution in [0.3, 0.4) is 0 Å². The van der Waals surface area contributed by atoms with E-state index in [0.717, 1.165) is 5.56 Å². The zero-order valence-electron chi connectivity index (χ0n) is 12.6. The number of nitrogens with two attached hydrogens (primary N) is 2. The van der Waals surface area contributed by atoms with Gasteiger partial charge in [0.05, 0.1) is 13.0 Å². The number of hydroxylamine groups is 2. The third-order valence-electron chi connectivity index (χ3n) is 3.35. The Labute approximate surface area is 133 Å². The van der Waals surface area contributed by atoms with Gasteiger partial charge in [0.1, 0.15) is 12.0 Å². The van der Waals surface area contributed by atoms with Crippen LogP contribution in [0.15, 0.2) is 24.3 Å². The molecule has 1 aliphatic heterocycles. The summed E-state index contributed by atoms with van der Waals surface area (Å²) in [6, 6.07) is 5.87. The quantitative estimate of drug-likeness (QED) is 0.589. The number of benzene rings is 1. The normalized spacial score (nSPS) is 18.4. The number of imide groups is 1. The van der Waals surface area contributed by atoms with Crippen molar-refractivity contribution in [2.24, 2.45) is 17.4 Å². The Balaban J connectivity index is 2.06. The maximum absolute atomic E-state index is 12.0. The first kappa shape index (κ1) is 16.7. The predicted molar refractivity (Wildman–Crippen MR) is 81.0 cm³/mol. The first-order valence-corrected chi connectivity index (χ1v) is 7.03. The van der Waals surface area contributed by atoms with Crippen molar-refractivity contribution in [2.45, 2.75) is 19.4 Å². The lowest BCUT2D eigenvalue weighted by Crippen LogP contribution is -2.37. The monoisotopic (exact) mass is 315 g/mol. The summed E-state index contributed by atoms with van der Waals surface area (Å²) in [6.45, 7) is 1.98. The minimum atomic E-state index is -1.09. The summed E-state index contributed by atoms with van der Waals surface area (Å²) in [4.78, 5) is 40.7. The van der Waals surface area contributed by atoms with Gasteiger partial charge in [-0.3, -0.25) is 9.59 Å². The van der Waals surface area contributed by atoms with Crippen molar-refractivity contribution in [3.63, 3.8) is 0 Å². The molecule has 0 spiro atoms. The summed E-state index contributed by atoms with van der Waals surface area (Å²) in [5.41, 5.74) is 12.6. The molecule has 4 N–H and O–H groups in total. The van der Waals surface area contributed by atoms with E-state index >= 15 is 0 Å². The van der Waals surface area contributed by atoms with E-state index in [2.05, 4.69) is 11.8 Å². The van der Waals surface area contributed by atoms with Crippen molar-refractivity contribution >= 4 is 17.8 Å². The van der Waals surface area contributed by atoms with Gasteiger partial charge in [0.25, 0.3) is 11.8 Å². The number of rotatable bonds is 3. The van der Waals surface area contributed by atoms with E-state index in [-0.39, 0.29) is 13.0 Å². The molecule has 1 aromatic rings. The van der Waals surface area contributed by atoms with E-state index in [4.69, 9.17) is 16.3 Å². The first-order chi connectivity index (χ1) is 10.9. The van der Waals surface area contributed by atoms with Gasteiger partial charge in [-0.1, -0.05) is 41.7 Å². The molecular formula is C16H17N3O4. The lowest BCUT2D eigenvalue weighted by atomic mass is 10.1. The molecule has 1 heterocycles. The third-order valence-corrected chi connectivity index (χ3v) is 3.35. The second-order valence-corrected chi connectivity index (χ2v) is 5.11. The topological polar surface area (TPSA) is 116 Å². The maximum Gasteiger partial charge on any atom is 0.354 e. The second-order valence-electron chi connectivity index (χ2n) is 5.11. The third kappa shape index (κ3) is 3.74. The number of nitrogens with zero attached hydrogens (tertiary/aromatic N) is 1. The van der Waals surface area contributed by atoms with Crippen molar-refractivity contribution in [1.82, 2.24) is 5.06 Å². The molecule has 7 heteroatoms. The lowest BCUT2D eigenvalue weighted by Gasteiger charge is -2.16.